The van der Waals surface area contributed by atoms with E-state index in [1.807, 2.05) is 51.1 Å². The van der Waals surface area contributed by atoms with Crippen LogP contribution in [0, 0.1) is 0 Å². The second kappa shape index (κ2) is 5.67. The summed E-state index contributed by atoms with van der Waals surface area (Å²) in [6, 6.07) is 9.77. The van der Waals surface area contributed by atoms with E-state index in [9.17, 15) is 4.79 Å². The number of allylic oxidation sites excluding steroid dienone is 2. The molecule has 2 heteroatoms. The highest BCUT2D eigenvalue weighted by Crippen LogP contribution is 2.30. The van der Waals surface area contributed by atoms with Crippen LogP contribution in [0.15, 0.2) is 42.0 Å². The molecule has 0 bridgehead atoms. The topological polar surface area (TPSA) is 26.3 Å². The van der Waals surface area contributed by atoms with Gasteiger partial charge < -0.3 is 4.74 Å². The number of ether oxygens (including phenoxy) is 1. The molecule has 0 saturated carbocycles. The number of hydrogen-bond donors (Lipinski definition) is 0. The lowest BCUT2D eigenvalue weighted by molar-refractivity contribution is -0.146. The highest BCUT2D eigenvalue weighted by atomic mass is 16.5. The van der Waals surface area contributed by atoms with Crippen molar-refractivity contribution in [1.82, 2.24) is 0 Å². The average Bonchev–Trinajstić information content (AvgIpc) is 2.36. The molecule has 2 nitrogen and oxygen atoms in total. The molecule has 0 amide bonds. The van der Waals surface area contributed by atoms with Gasteiger partial charge in [-0.15, -0.1) is 0 Å². The van der Waals surface area contributed by atoms with Crippen molar-refractivity contribution in [3.63, 3.8) is 0 Å². The highest BCUT2D eigenvalue weighted by Gasteiger charge is 2.35. The van der Waals surface area contributed by atoms with Crippen LogP contribution in [0.4, 0.5) is 0 Å². The number of benzene rings is 1. The van der Waals surface area contributed by atoms with E-state index in [2.05, 4.69) is 6.08 Å². The van der Waals surface area contributed by atoms with E-state index in [0.717, 1.165) is 5.56 Å². The minimum Gasteiger partial charge on any atom is -0.468 e. The molecule has 0 radical (unpaired) electrons. The molecule has 0 saturated heterocycles. The summed E-state index contributed by atoms with van der Waals surface area (Å²) in [4.78, 5) is 12.0. The second-order valence-electron chi connectivity index (χ2n) is 4.68. The first-order chi connectivity index (χ1) is 8.00. The number of methoxy groups -OCH3 is 1. The predicted molar refractivity (Wildman–Crippen MR) is 69.9 cm³/mol. The summed E-state index contributed by atoms with van der Waals surface area (Å²) in [5, 5.41) is 0. The smallest absolute Gasteiger partial charge is 0.316 e. The zero-order valence-corrected chi connectivity index (χ0v) is 11.0. The van der Waals surface area contributed by atoms with Gasteiger partial charge in [0.1, 0.15) is 0 Å². The summed E-state index contributed by atoms with van der Waals surface area (Å²) >= 11 is 0. The lowest BCUT2D eigenvalue weighted by Gasteiger charge is -2.26. The van der Waals surface area contributed by atoms with Crippen LogP contribution in [0.25, 0.3) is 0 Å². The Morgan fingerprint density at radius 2 is 1.88 bits per heavy atom. The van der Waals surface area contributed by atoms with Crippen molar-refractivity contribution in [2.75, 3.05) is 7.11 Å². The third-order valence-electron chi connectivity index (χ3n) is 2.97. The van der Waals surface area contributed by atoms with Crippen LogP contribution in [-0.2, 0) is 14.9 Å². The molecule has 0 N–H and O–H groups in total. The van der Waals surface area contributed by atoms with Gasteiger partial charge in [0.25, 0.3) is 0 Å². The Morgan fingerprint density at radius 3 is 2.35 bits per heavy atom. The van der Waals surface area contributed by atoms with Gasteiger partial charge in [-0.1, -0.05) is 42.0 Å². The predicted octanol–water partition coefficient (Wildman–Crippen LogP) is 3.47. The zero-order valence-electron chi connectivity index (χ0n) is 11.0. The molecule has 1 aromatic rings. The van der Waals surface area contributed by atoms with Gasteiger partial charge in [0.05, 0.1) is 12.5 Å². The van der Waals surface area contributed by atoms with Crippen molar-refractivity contribution in [2.24, 2.45) is 0 Å². The Kier molecular flexibility index (Phi) is 4.50. The van der Waals surface area contributed by atoms with Crippen LogP contribution in [0.2, 0.25) is 0 Å². The maximum absolute atomic E-state index is 12.0. The van der Waals surface area contributed by atoms with Crippen LogP contribution in [0.5, 0.6) is 0 Å². The first-order valence-corrected chi connectivity index (χ1v) is 5.78. The van der Waals surface area contributed by atoms with E-state index >= 15 is 0 Å². The molecule has 1 atom stereocenters. The van der Waals surface area contributed by atoms with Gasteiger partial charge in [-0.25, -0.2) is 0 Å². The Labute approximate surface area is 103 Å². The molecule has 1 rings (SSSR count). The Bertz CT molecular complexity index is 402. The lowest BCUT2D eigenvalue weighted by Crippen LogP contribution is -2.33. The van der Waals surface area contributed by atoms with Gasteiger partial charge in [-0.2, -0.15) is 0 Å². The first kappa shape index (κ1) is 13.5. The number of esters is 1. The minimum absolute atomic E-state index is 0.193. The van der Waals surface area contributed by atoms with Crippen molar-refractivity contribution < 1.29 is 9.53 Å². The lowest BCUT2D eigenvalue weighted by atomic mass is 9.79. The quantitative estimate of drug-likeness (QED) is 0.587. The fourth-order valence-electron chi connectivity index (χ4n) is 1.76. The summed E-state index contributed by atoms with van der Waals surface area (Å²) in [6.45, 7) is 5.99. The molecule has 0 fully saturated rings. The fourth-order valence-corrected chi connectivity index (χ4v) is 1.76. The normalized spacial score (nSPS) is 13.6. The molecule has 0 aliphatic carbocycles. The van der Waals surface area contributed by atoms with Crippen LogP contribution < -0.4 is 0 Å². The van der Waals surface area contributed by atoms with Crippen molar-refractivity contribution in [3.05, 3.63) is 47.5 Å². The summed E-state index contributed by atoms with van der Waals surface area (Å²) < 4.78 is 4.93. The molecular weight excluding hydrogens is 212 g/mol. The summed E-state index contributed by atoms with van der Waals surface area (Å²) in [5.41, 5.74) is 1.59. The molecular formula is C15H20O2. The van der Waals surface area contributed by atoms with Crippen molar-refractivity contribution in [1.29, 1.82) is 0 Å². The van der Waals surface area contributed by atoms with Gasteiger partial charge in [-0.05, 0) is 32.8 Å². The molecule has 1 aromatic carbocycles. The van der Waals surface area contributed by atoms with E-state index in [4.69, 9.17) is 4.74 Å². The zero-order chi connectivity index (χ0) is 12.9. The highest BCUT2D eigenvalue weighted by molar-refractivity contribution is 5.82. The molecule has 0 aromatic heterocycles. The van der Waals surface area contributed by atoms with E-state index < -0.39 is 5.41 Å². The summed E-state index contributed by atoms with van der Waals surface area (Å²) in [6.07, 6.45) is 2.73. The van der Waals surface area contributed by atoms with E-state index in [1.54, 1.807) is 0 Å². The van der Waals surface area contributed by atoms with Gasteiger partial charge in [0.15, 0.2) is 0 Å². The largest absolute Gasteiger partial charge is 0.468 e. The molecule has 0 aliphatic heterocycles. The van der Waals surface area contributed by atoms with E-state index in [-0.39, 0.29) is 5.97 Å². The number of rotatable bonds is 4. The summed E-state index contributed by atoms with van der Waals surface area (Å²) in [5.74, 6) is -0.193. The van der Waals surface area contributed by atoms with Crippen LogP contribution in [0.1, 0.15) is 32.8 Å². The molecule has 0 aliphatic rings. The Hall–Kier alpha value is -1.57. The van der Waals surface area contributed by atoms with E-state index in [1.165, 1.54) is 12.7 Å². The Morgan fingerprint density at radius 1 is 1.29 bits per heavy atom. The maximum atomic E-state index is 12.0. The standard InChI is InChI=1S/C15H20O2/c1-12(2)10-11-15(3,14(16)17-4)13-8-6-5-7-9-13/h5-10H,11H2,1-4H3. The van der Waals surface area contributed by atoms with Crippen molar-refractivity contribution >= 4 is 5.97 Å². The van der Waals surface area contributed by atoms with Gasteiger partial charge in [-0.3, -0.25) is 4.79 Å². The second-order valence-corrected chi connectivity index (χ2v) is 4.68. The van der Waals surface area contributed by atoms with Crippen molar-refractivity contribution in [2.45, 2.75) is 32.6 Å². The van der Waals surface area contributed by atoms with Gasteiger partial charge >= 0.3 is 5.97 Å². The maximum Gasteiger partial charge on any atom is 0.316 e. The first-order valence-electron chi connectivity index (χ1n) is 5.78. The monoisotopic (exact) mass is 232 g/mol. The SMILES string of the molecule is COC(=O)C(C)(CC=C(C)C)c1ccccc1. The molecule has 0 spiro atoms. The van der Waals surface area contributed by atoms with Crippen LogP contribution >= 0.6 is 0 Å². The van der Waals surface area contributed by atoms with Gasteiger partial charge in [0.2, 0.25) is 0 Å². The number of hydrogen-bond acceptors (Lipinski definition) is 2. The van der Waals surface area contributed by atoms with Crippen molar-refractivity contribution in [3.8, 4) is 0 Å². The Balaban J connectivity index is 3.11. The van der Waals surface area contributed by atoms with Crippen LogP contribution in [0.3, 0.4) is 0 Å². The minimum atomic E-state index is -0.604. The van der Waals surface area contributed by atoms with E-state index in [0.29, 0.717) is 6.42 Å². The average molecular weight is 232 g/mol. The molecule has 92 valence electrons. The number of carbonyl (C=O) groups excluding carboxylic acids is 1. The fraction of sp³-hybridized carbons (Fsp3) is 0.400. The molecule has 1 unspecified atom stereocenters. The molecule has 0 heterocycles. The molecule has 17 heavy (non-hydrogen) atoms. The third-order valence-corrected chi connectivity index (χ3v) is 2.97. The number of carbonyl (C=O) groups is 1. The third kappa shape index (κ3) is 3.19. The summed E-state index contributed by atoms with van der Waals surface area (Å²) in [7, 11) is 1.44. The van der Waals surface area contributed by atoms with Crippen LogP contribution in [-0.4, -0.2) is 13.1 Å². The van der Waals surface area contributed by atoms with Gasteiger partial charge in [0, 0.05) is 0 Å².